The minimum Gasteiger partial charge on any atom is -0.389 e. The van der Waals surface area contributed by atoms with E-state index < -0.39 is 6.10 Å². The van der Waals surface area contributed by atoms with Crippen molar-refractivity contribution >= 4 is 22.5 Å². The van der Waals surface area contributed by atoms with Gasteiger partial charge in [0.05, 0.1) is 17.7 Å². The zero-order valence-electron chi connectivity index (χ0n) is 12.4. The number of benzene rings is 2. The fraction of sp³-hybridized carbons (Fsp3) is 0.222. The Kier molecular flexibility index (Phi) is 4.48. The van der Waals surface area contributed by atoms with Crippen molar-refractivity contribution in [1.82, 2.24) is 9.88 Å². The van der Waals surface area contributed by atoms with Crippen LogP contribution in [0.25, 0.3) is 10.9 Å². The fourth-order valence-corrected chi connectivity index (χ4v) is 3.07. The highest BCUT2D eigenvalue weighted by molar-refractivity contribution is 6.31. The smallest absolute Gasteiger partial charge is 0.0912 e. The third kappa shape index (κ3) is 2.88. The third-order valence-electron chi connectivity index (χ3n) is 3.90. The average Bonchev–Trinajstić information content (AvgIpc) is 2.92. The van der Waals surface area contributed by atoms with Gasteiger partial charge in [-0.1, -0.05) is 48.0 Å². The van der Waals surface area contributed by atoms with Crippen LogP contribution < -0.4 is 5.32 Å². The van der Waals surface area contributed by atoms with E-state index >= 15 is 0 Å². The van der Waals surface area contributed by atoms with Crippen LogP contribution in [0.3, 0.4) is 0 Å². The Hall–Kier alpha value is -1.81. The van der Waals surface area contributed by atoms with Crippen molar-refractivity contribution in [2.24, 2.45) is 0 Å². The number of hydrogen-bond donors (Lipinski definition) is 2. The molecule has 2 aromatic carbocycles. The topological polar surface area (TPSA) is 37.2 Å². The fourth-order valence-electron chi connectivity index (χ4n) is 2.90. The summed E-state index contributed by atoms with van der Waals surface area (Å²) in [6.45, 7) is 0.514. The average molecular weight is 315 g/mol. The van der Waals surface area contributed by atoms with Gasteiger partial charge in [0.1, 0.15) is 0 Å². The standard InChI is InChI=1S/C18H19ClN2O/c1-20-12-17(22)18(14-5-3-2-4-6-14)21-10-9-13-7-8-15(19)11-16(13)21/h2-11,17-18,20,22H,12H2,1H3. The number of fused-ring (bicyclic) bond motifs is 1. The second-order valence-electron chi connectivity index (χ2n) is 5.41. The van der Waals surface area contributed by atoms with Crippen molar-refractivity contribution in [2.75, 3.05) is 13.6 Å². The van der Waals surface area contributed by atoms with Gasteiger partial charge in [0.15, 0.2) is 0 Å². The molecular formula is C18H19ClN2O. The van der Waals surface area contributed by atoms with Gasteiger partial charge in [-0.05, 0) is 36.2 Å². The summed E-state index contributed by atoms with van der Waals surface area (Å²) >= 11 is 6.15. The molecule has 2 unspecified atom stereocenters. The van der Waals surface area contributed by atoms with Crippen LogP contribution in [-0.4, -0.2) is 29.4 Å². The summed E-state index contributed by atoms with van der Waals surface area (Å²) in [4.78, 5) is 0. The zero-order chi connectivity index (χ0) is 15.5. The van der Waals surface area contributed by atoms with Crippen LogP contribution >= 0.6 is 11.6 Å². The number of aliphatic hydroxyl groups is 1. The van der Waals surface area contributed by atoms with Crippen LogP contribution in [-0.2, 0) is 0 Å². The number of likely N-dealkylation sites (N-methyl/N-ethyl adjacent to an activating group) is 1. The monoisotopic (exact) mass is 314 g/mol. The van der Waals surface area contributed by atoms with Crippen molar-refractivity contribution < 1.29 is 5.11 Å². The number of rotatable bonds is 5. The first kappa shape index (κ1) is 15.1. The zero-order valence-corrected chi connectivity index (χ0v) is 13.2. The van der Waals surface area contributed by atoms with E-state index in [1.807, 2.05) is 67.8 Å². The Morgan fingerprint density at radius 3 is 2.64 bits per heavy atom. The van der Waals surface area contributed by atoms with Gasteiger partial charge in [-0.3, -0.25) is 0 Å². The van der Waals surface area contributed by atoms with Crippen molar-refractivity contribution in [1.29, 1.82) is 0 Å². The van der Waals surface area contributed by atoms with Gasteiger partial charge in [-0.2, -0.15) is 0 Å². The molecule has 0 bridgehead atoms. The van der Waals surface area contributed by atoms with E-state index in [9.17, 15) is 5.11 Å². The van der Waals surface area contributed by atoms with E-state index in [1.165, 1.54) is 0 Å². The van der Waals surface area contributed by atoms with Crippen LogP contribution in [0.15, 0.2) is 60.8 Å². The normalized spacial score (nSPS) is 14.1. The number of nitrogens with one attached hydrogen (secondary N) is 1. The molecule has 1 heterocycles. The van der Waals surface area contributed by atoms with E-state index in [2.05, 4.69) is 9.88 Å². The van der Waals surface area contributed by atoms with Gasteiger partial charge in [-0.25, -0.2) is 0 Å². The largest absolute Gasteiger partial charge is 0.389 e. The maximum Gasteiger partial charge on any atom is 0.0912 e. The first-order valence-electron chi connectivity index (χ1n) is 7.34. The molecular weight excluding hydrogens is 296 g/mol. The van der Waals surface area contributed by atoms with Gasteiger partial charge in [0, 0.05) is 17.8 Å². The summed E-state index contributed by atoms with van der Waals surface area (Å²) in [7, 11) is 1.84. The summed E-state index contributed by atoms with van der Waals surface area (Å²) in [5.74, 6) is 0. The van der Waals surface area contributed by atoms with Crippen LogP contribution in [0.2, 0.25) is 5.02 Å². The first-order chi connectivity index (χ1) is 10.7. The number of hydrogen-bond acceptors (Lipinski definition) is 2. The molecule has 2 N–H and O–H groups in total. The molecule has 114 valence electrons. The lowest BCUT2D eigenvalue weighted by Crippen LogP contribution is -2.33. The SMILES string of the molecule is CNCC(O)C(c1ccccc1)n1ccc2ccc(Cl)cc21. The number of aliphatic hydroxyl groups excluding tert-OH is 1. The van der Waals surface area contributed by atoms with Gasteiger partial charge < -0.3 is 15.0 Å². The summed E-state index contributed by atoms with van der Waals surface area (Å²) in [6.07, 6.45) is 1.47. The Balaban J connectivity index is 2.13. The van der Waals surface area contributed by atoms with Crippen molar-refractivity contribution in [2.45, 2.75) is 12.1 Å². The van der Waals surface area contributed by atoms with Crippen LogP contribution in [0, 0.1) is 0 Å². The lowest BCUT2D eigenvalue weighted by atomic mass is 10.0. The molecule has 1 aromatic heterocycles. The van der Waals surface area contributed by atoms with E-state index in [0.29, 0.717) is 11.6 Å². The Bertz CT molecular complexity index is 754. The second kappa shape index (κ2) is 6.53. The minimum absolute atomic E-state index is 0.162. The molecule has 0 amide bonds. The van der Waals surface area contributed by atoms with Gasteiger partial charge in [-0.15, -0.1) is 0 Å². The number of halogens is 1. The molecule has 0 saturated carbocycles. The summed E-state index contributed by atoms with van der Waals surface area (Å²) in [5.41, 5.74) is 2.10. The first-order valence-corrected chi connectivity index (χ1v) is 7.72. The predicted molar refractivity (Wildman–Crippen MR) is 91.5 cm³/mol. The maximum absolute atomic E-state index is 10.6. The minimum atomic E-state index is -0.540. The highest BCUT2D eigenvalue weighted by Crippen LogP contribution is 2.29. The van der Waals surface area contributed by atoms with Crippen LogP contribution in [0.1, 0.15) is 11.6 Å². The molecule has 0 fully saturated rings. The van der Waals surface area contributed by atoms with E-state index in [4.69, 9.17) is 11.6 Å². The molecule has 0 radical (unpaired) electrons. The second-order valence-corrected chi connectivity index (χ2v) is 5.84. The maximum atomic E-state index is 10.6. The molecule has 3 rings (SSSR count). The van der Waals surface area contributed by atoms with Gasteiger partial charge in [0.25, 0.3) is 0 Å². The van der Waals surface area contributed by atoms with Crippen molar-refractivity contribution in [3.05, 3.63) is 71.4 Å². The molecule has 0 aliphatic carbocycles. The molecule has 3 nitrogen and oxygen atoms in total. The number of nitrogens with zero attached hydrogens (tertiary/aromatic N) is 1. The third-order valence-corrected chi connectivity index (χ3v) is 4.14. The Morgan fingerprint density at radius 1 is 1.14 bits per heavy atom. The summed E-state index contributed by atoms with van der Waals surface area (Å²) < 4.78 is 2.10. The molecule has 0 saturated heterocycles. The molecule has 2 atom stereocenters. The molecule has 0 aliphatic rings. The van der Waals surface area contributed by atoms with E-state index in [-0.39, 0.29) is 6.04 Å². The number of aromatic nitrogens is 1. The Morgan fingerprint density at radius 2 is 1.91 bits per heavy atom. The molecule has 4 heteroatoms. The predicted octanol–water partition coefficient (Wildman–Crippen LogP) is 3.46. The van der Waals surface area contributed by atoms with E-state index in [1.54, 1.807) is 0 Å². The summed E-state index contributed by atoms with van der Waals surface area (Å²) in [6, 6.07) is 17.8. The molecule has 3 aromatic rings. The van der Waals surface area contributed by atoms with Crippen molar-refractivity contribution in [3.8, 4) is 0 Å². The van der Waals surface area contributed by atoms with Crippen LogP contribution in [0.4, 0.5) is 0 Å². The van der Waals surface area contributed by atoms with Crippen molar-refractivity contribution in [3.63, 3.8) is 0 Å². The van der Waals surface area contributed by atoms with Gasteiger partial charge >= 0.3 is 0 Å². The van der Waals surface area contributed by atoms with Crippen LogP contribution in [0.5, 0.6) is 0 Å². The quantitative estimate of drug-likeness (QED) is 0.756. The lowest BCUT2D eigenvalue weighted by molar-refractivity contribution is 0.132. The molecule has 0 aliphatic heterocycles. The highest BCUT2D eigenvalue weighted by Gasteiger charge is 2.23. The lowest BCUT2D eigenvalue weighted by Gasteiger charge is -2.26. The molecule has 22 heavy (non-hydrogen) atoms. The highest BCUT2D eigenvalue weighted by atomic mass is 35.5. The molecule has 0 spiro atoms. The Labute approximate surface area is 135 Å². The summed E-state index contributed by atoms with van der Waals surface area (Å²) in [5, 5.41) is 15.5. The van der Waals surface area contributed by atoms with Gasteiger partial charge in [0.2, 0.25) is 0 Å². The van der Waals surface area contributed by atoms with E-state index in [0.717, 1.165) is 16.5 Å².